The highest BCUT2D eigenvalue weighted by Gasteiger charge is 2.19. The molecule has 0 rings (SSSR count). The molecule has 0 aliphatic carbocycles. The molecule has 0 aromatic rings. The quantitative estimate of drug-likeness (QED) is 0.275. The highest BCUT2D eigenvalue weighted by Crippen LogP contribution is 2.10. The lowest BCUT2D eigenvalue weighted by atomic mass is 10.1. The molecule has 2 N–H and O–H groups in total. The zero-order chi connectivity index (χ0) is 17.6. The van der Waals surface area contributed by atoms with Crippen LogP contribution in [0.2, 0.25) is 0 Å². The van der Waals surface area contributed by atoms with Crippen molar-refractivity contribution in [1.29, 1.82) is 0 Å². The summed E-state index contributed by atoms with van der Waals surface area (Å²) in [6.07, 6.45) is 9.64. The van der Waals surface area contributed by atoms with E-state index in [9.17, 15) is 9.90 Å². The number of quaternary nitrogens is 1. The highest BCUT2D eigenvalue weighted by atomic mass is 16.5. The Morgan fingerprint density at radius 3 is 1.87 bits per heavy atom. The van der Waals surface area contributed by atoms with E-state index in [1.807, 2.05) is 21.1 Å². The maximum absolute atomic E-state index is 11.6. The van der Waals surface area contributed by atoms with Crippen molar-refractivity contribution in [3.8, 4) is 0 Å². The molecule has 0 aromatic heterocycles. The van der Waals surface area contributed by atoms with Gasteiger partial charge < -0.3 is 19.4 Å². The summed E-state index contributed by atoms with van der Waals surface area (Å²) < 4.78 is 5.80. The summed E-state index contributed by atoms with van der Waals surface area (Å²) >= 11 is 0. The van der Waals surface area contributed by atoms with Crippen LogP contribution in [-0.2, 0) is 9.53 Å². The zero-order valence-electron chi connectivity index (χ0n) is 15.4. The number of hydrogen-bond donors (Lipinski definition) is 2. The molecule has 0 saturated heterocycles. The number of esters is 1. The first-order valence-electron chi connectivity index (χ1n) is 9.10. The standard InChI is InChI=1S/C18H38NO4/c1-19(2,3)16-17(21)15-18(22)23-14-12-10-8-6-4-5-7-9-11-13-20/h17,20-21H,4-16H2,1-3H3/q+1. The lowest BCUT2D eigenvalue weighted by molar-refractivity contribution is -0.873. The van der Waals surface area contributed by atoms with E-state index < -0.39 is 6.10 Å². The number of aliphatic hydroxyl groups is 2. The van der Waals surface area contributed by atoms with Crippen LogP contribution in [0.1, 0.15) is 64.2 Å². The third-order valence-corrected chi connectivity index (χ3v) is 3.73. The number of unbranched alkanes of at least 4 members (excludes halogenated alkanes) is 8. The molecule has 23 heavy (non-hydrogen) atoms. The number of hydrogen-bond acceptors (Lipinski definition) is 4. The molecule has 0 heterocycles. The van der Waals surface area contributed by atoms with Crippen LogP contribution in [0.3, 0.4) is 0 Å². The van der Waals surface area contributed by atoms with Gasteiger partial charge in [-0.15, -0.1) is 0 Å². The summed E-state index contributed by atoms with van der Waals surface area (Å²) in [5.41, 5.74) is 0. The Morgan fingerprint density at radius 1 is 0.913 bits per heavy atom. The van der Waals surface area contributed by atoms with Crippen molar-refractivity contribution in [1.82, 2.24) is 0 Å². The Morgan fingerprint density at radius 2 is 1.39 bits per heavy atom. The lowest BCUT2D eigenvalue weighted by Crippen LogP contribution is -2.42. The van der Waals surface area contributed by atoms with Crippen molar-refractivity contribution in [3.63, 3.8) is 0 Å². The molecule has 0 radical (unpaired) electrons. The molecule has 0 aromatic carbocycles. The van der Waals surface area contributed by atoms with Gasteiger partial charge in [0, 0.05) is 6.61 Å². The van der Waals surface area contributed by atoms with E-state index in [1.165, 1.54) is 32.1 Å². The predicted octanol–water partition coefficient (Wildman–Crippen LogP) is 2.49. The number of rotatable bonds is 15. The SMILES string of the molecule is C[N+](C)(C)CC(O)CC(=O)OCCCCCCCCCCCO. The fourth-order valence-corrected chi connectivity index (χ4v) is 2.59. The first-order valence-corrected chi connectivity index (χ1v) is 9.10. The van der Waals surface area contributed by atoms with Gasteiger partial charge in [0.2, 0.25) is 0 Å². The summed E-state index contributed by atoms with van der Waals surface area (Å²) in [7, 11) is 5.96. The van der Waals surface area contributed by atoms with Gasteiger partial charge in [-0.2, -0.15) is 0 Å². The van der Waals surface area contributed by atoms with E-state index in [1.54, 1.807) is 0 Å². The van der Waals surface area contributed by atoms with Crippen molar-refractivity contribution in [2.24, 2.45) is 0 Å². The Balaban J connectivity index is 3.36. The molecular weight excluding hydrogens is 294 g/mol. The maximum Gasteiger partial charge on any atom is 0.308 e. The molecule has 0 spiro atoms. The van der Waals surface area contributed by atoms with Gasteiger partial charge >= 0.3 is 5.97 Å². The Hall–Kier alpha value is -0.650. The molecule has 1 atom stereocenters. The van der Waals surface area contributed by atoms with E-state index in [0.717, 1.165) is 25.7 Å². The second-order valence-electron chi connectivity index (χ2n) is 7.46. The maximum atomic E-state index is 11.6. The molecule has 0 saturated carbocycles. The normalized spacial score (nSPS) is 13.1. The number of ether oxygens (including phenoxy) is 1. The lowest BCUT2D eigenvalue weighted by Gasteiger charge is -2.26. The number of nitrogens with zero attached hydrogens (tertiary/aromatic N) is 1. The van der Waals surface area contributed by atoms with Crippen molar-refractivity contribution in [2.75, 3.05) is 40.9 Å². The minimum atomic E-state index is -0.631. The molecule has 0 aliphatic heterocycles. The predicted molar refractivity (Wildman–Crippen MR) is 93.1 cm³/mol. The van der Waals surface area contributed by atoms with E-state index in [4.69, 9.17) is 9.84 Å². The third-order valence-electron chi connectivity index (χ3n) is 3.73. The van der Waals surface area contributed by atoms with Crippen LogP contribution >= 0.6 is 0 Å². The average Bonchev–Trinajstić information content (AvgIpc) is 2.42. The molecular formula is C18H38NO4+. The van der Waals surface area contributed by atoms with Gasteiger partial charge in [-0.1, -0.05) is 44.9 Å². The second-order valence-corrected chi connectivity index (χ2v) is 7.46. The fraction of sp³-hybridized carbons (Fsp3) is 0.944. The third kappa shape index (κ3) is 17.5. The smallest absolute Gasteiger partial charge is 0.308 e. The molecule has 5 heteroatoms. The zero-order valence-corrected chi connectivity index (χ0v) is 15.4. The highest BCUT2D eigenvalue weighted by molar-refractivity contribution is 5.69. The van der Waals surface area contributed by atoms with Crippen LogP contribution in [0, 0.1) is 0 Å². The van der Waals surface area contributed by atoms with E-state index >= 15 is 0 Å². The van der Waals surface area contributed by atoms with Crippen LogP contribution in [0.5, 0.6) is 0 Å². The van der Waals surface area contributed by atoms with Crippen LogP contribution in [0.15, 0.2) is 0 Å². The fourth-order valence-electron chi connectivity index (χ4n) is 2.59. The van der Waals surface area contributed by atoms with Crippen molar-refractivity contribution >= 4 is 5.97 Å². The van der Waals surface area contributed by atoms with Crippen LogP contribution in [0.4, 0.5) is 0 Å². The monoisotopic (exact) mass is 332 g/mol. The number of likely N-dealkylation sites (N-methyl/N-ethyl adjacent to an activating group) is 1. The van der Waals surface area contributed by atoms with Gasteiger partial charge in [0.25, 0.3) is 0 Å². The average molecular weight is 333 g/mol. The van der Waals surface area contributed by atoms with Crippen molar-refractivity contribution in [2.45, 2.75) is 70.3 Å². The van der Waals surface area contributed by atoms with Gasteiger partial charge in [0.15, 0.2) is 0 Å². The molecule has 138 valence electrons. The summed E-state index contributed by atoms with van der Waals surface area (Å²) in [6.45, 7) is 1.32. The summed E-state index contributed by atoms with van der Waals surface area (Å²) in [5, 5.41) is 18.5. The Bertz CT molecular complexity index is 289. The van der Waals surface area contributed by atoms with Crippen LogP contribution in [0.25, 0.3) is 0 Å². The van der Waals surface area contributed by atoms with Gasteiger partial charge in [0.1, 0.15) is 12.6 Å². The molecule has 5 nitrogen and oxygen atoms in total. The summed E-state index contributed by atoms with van der Waals surface area (Å²) in [5.74, 6) is -0.296. The minimum absolute atomic E-state index is 0.0867. The van der Waals surface area contributed by atoms with E-state index in [-0.39, 0.29) is 12.4 Å². The first-order chi connectivity index (χ1) is 10.8. The van der Waals surface area contributed by atoms with Crippen LogP contribution in [-0.4, -0.2) is 67.7 Å². The largest absolute Gasteiger partial charge is 0.466 e. The van der Waals surface area contributed by atoms with Gasteiger partial charge in [0.05, 0.1) is 34.2 Å². The van der Waals surface area contributed by atoms with Crippen LogP contribution < -0.4 is 0 Å². The minimum Gasteiger partial charge on any atom is -0.466 e. The summed E-state index contributed by atoms with van der Waals surface area (Å²) in [6, 6.07) is 0. The van der Waals surface area contributed by atoms with E-state index in [0.29, 0.717) is 24.2 Å². The second kappa shape index (κ2) is 13.8. The molecule has 1 unspecified atom stereocenters. The van der Waals surface area contributed by atoms with Gasteiger partial charge in [-0.25, -0.2) is 0 Å². The number of carbonyl (C=O) groups is 1. The van der Waals surface area contributed by atoms with Gasteiger partial charge in [-0.3, -0.25) is 4.79 Å². The molecule has 0 fully saturated rings. The first kappa shape index (κ1) is 22.4. The summed E-state index contributed by atoms with van der Waals surface area (Å²) in [4.78, 5) is 11.6. The number of aliphatic hydroxyl groups excluding tert-OH is 2. The Labute approximate surface area is 142 Å². The van der Waals surface area contributed by atoms with Crippen molar-refractivity contribution in [3.05, 3.63) is 0 Å². The molecule has 0 bridgehead atoms. The molecule has 0 aliphatic rings. The topological polar surface area (TPSA) is 66.8 Å². The molecule has 0 amide bonds. The van der Waals surface area contributed by atoms with Gasteiger partial charge in [-0.05, 0) is 12.8 Å². The number of carbonyl (C=O) groups excluding carboxylic acids is 1. The Kier molecular flexibility index (Phi) is 13.4. The van der Waals surface area contributed by atoms with E-state index in [2.05, 4.69) is 0 Å². The van der Waals surface area contributed by atoms with Crippen molar-refractivity contribution < 1.29 is 24.2 Å².